The largest absolute Gasteiger partial charge is 0.756 e. The van der Waals surface area contributed by atoms with Gasteiger partial charge in [0.05, 0.1) is 34.4 Å². The summed E-state index contributed by atoms with van der Waals surface area (Å²) in [6.45, 7) is 5.43. The van der Waals surface area contributed by atoms with Crippen molar-refractivity contribution in [3.05, 3.63) is 0 Å². The van der Waals surface area contributed by atoms with E-state index >= 15 is 0 Å². The Morgan fingerprint density at radius 1 is 0.574 bits per heavy atom. The van der Waals surface area contributed by atoms with Crippen LogP contribution in [0.5, 0.6) is 0 Å². The fourth-order valence-corrected chi connectivity index (χ4v) is 6.27. The van der Waals surface area contributed by atoms with E-state index in [-0.39, 0.29) is 25.8 Å². The van der Waals surface area contributed by atoms with E-state index in [0.29, 0.717) is 24.1 Å². The molecule has 8 nitrogen and oxygen atoms in total. The number of phosphoric ester groups is 1. The van der Waals surface area contributed by atoms with E-state index in [1.807, 2.05) is 21.1 Å². The van der Waals surface area contributed by atoms with Crippen molar-refractivity contribution < 1.29 is 37.3 Å². The van der Waals surface area contributed by atoms with Crippen LogP contribution in [-0.2, 0) is 27.9 Å². The van der Waals surface area contributed by atoms with Gasteiger partial charge in [0.2, 0.25) is 0 Å². The maximum Gasteiger partial charge on any atom is 0.306 e. The molecule has 0 rings (SSSR count). The minimum Gasteiger partial charge on any atom is -0.756 e. The topological polar surface area (TPSA) is 94.1 Å². The van der Waals surface area contributed by atoms with Crippen LogP contribution < -0.4 is 4.89 Å². The number of quaternary nitrogens is 1. The normalized spacial score (nSPS) is 13.9. The molecular weight excluding hydrogens is 613 g/mol. The lowest BCUT2D eigenvalue weighted by atomic mass is 10.0. The number of carbonyl (C=O) groups excluding carboxylic acids is 1. The molecule has 2 atom stereocenters. The molecule has 0 amide bonds. The molecule has 0 aromatic carbocycles. The average molecular weight is 692 g/mol. The van der Waals surface area contributed by atoms with Crippen molar-refractivity contribution in [2.45, 2.75) is 187 Å². The smallest absolute Gasteiger partial charge is 0.306 e. The molecule has 0 heterocycles. The molecule has 282 valence electrons. The maximum absolute atomic E-state index is 12.6. The van der Waals surface area contributed by atoms with Gasteiger partial charge in [0.1, 0.15) is 19.3 Å². The second-order valence-corrected chi connectivity index (χ2v) is 16.1. The first-order chi connectivity index (χ1) is 22.6. The zero-order chi connectivity index (χ0) is 34.9. The minimum absolute atomic E-state index is 0.0309. The Bertz CT molecular complexity index is 731. The highest BCUT2D eigenvalue weighted by molar-refractivity contribution is 7.45. The lowest BCUT2D eigenvalue weighted by molar-refractivity contribution is -0.870. The van der Waals surface area contributed by atoms with Gasteiger partial charge in [0.25, 0.3) is 7.82 Å². The predicted octanol–water partition coefficient (Wildman–Crippen LogP) is 10.3. The number of hydrogen-bond acceptors (Lipinski definition) is 7. The lowest BCUT2D eigenvalue weighted by Gasteiger charge is -2.28. The summed E-state index contributed by atoms with van der Waals surface area (Å²) in [5.74, 6) is -0.333. The SMILES string of the molecule is CCCCCCCCCCCCCCCCCOCC(COP(=O)([O-])OCC[N+](C)(C)C)OC(=O)CCCCCCCCCCCC. The fraction of sp³-hybridized carbons (Fsp3) is 0.974. The number of likely N-dealkylation sites (N-methyl/N-ethyl adjacent to an activating group) is 1. The van der Waals surface area contributed by atoms with E-state index in [1.165, 1.54) is 128 Å². The Hall–Kier alpha value is -0.500. The highest BCUT2D eigenvalue weighted by Gasteiger charge is 2.20. The second kappa shape index (κ2) is 32.7. The Morgan fingerprint density at radius 3 is 1.40 bits per heavy atom. The molecule has 9 heteroatoms. The van der Waals surface area contributed by atoms with Gasteiger partial charge >= 0.3 is 5.97 Å². The molecule has 0 bridgehead atoms. The molecular formula is C38H78NO7P. The fourth-order valence-electron chi connectivity index (χ4n) is 5.55. The van der Waals surface area contributed by atoms with Gasteiger partial charge in [-0.15, -0.1) is 0 Å². The molecule has 0 fully saturated rings. The van der Waals surface area contributed by atoms with E-state index in [0.717, 1.165) is 32.1 Å². The molecule has 0 saturated heterocycles. The molecule has 0 aliphatic carbocycles. The third-order valence-corrected chi connectivity index (χ3v) is 9.62. The van der Waals surface area contributed by atoms with Gasteiger partial charge in [-0.1, -0.05) is 162 Å². The van der Waals surface area contributed by atoms with Gasteiger partial charge in [-0.25, -0.2) is 0 Å². The van der Waals surface area contributed by atoms with Crippen LogP contribution >= 0.6 is 7.82 Å². The summed E-state index contributed by atoms with van der Waals surface area (Å²) in [4.78, 5) is 24.9. The van der Waals surface area contributed by atoms with E-state index in [4.69, 9.17) is 18.5 Å². The Balaban J connectivity index is 4.22. The van der Waals surface area contributed by atoms with E-state index in [2.05, 4.69) is 13.8 Å². The van der Waals surface area contributed by atoms with E-state index < -0.39 is 13.9 Å². The summed E-state index contributed by atoms with van der Waals surface area (Å²) >= 11 is 0. The summed E-state index contributed by atoms with van der Waals surface area (Å²) in [5.41, 5.74) is 0. The number of unbranched alkanes of at least 4 members (excludes halogenated alkanes) is 23. The maximum atomic E-state index is 12.6. The second-order valence-electron chi connectivity index (χ2n) is 14.7. The molecule has 0 aliphatic rings. The predicted molar refractivity (Wildman–Crippen MR) is 194 cm³/mol. The van der Waals surface area contributed by atoms with Gasteiger partial charge in [0.15, 0.2) is 0 Å². The van der Waals surface area contributed by atoms with Gasteiger partial charge in [0, 0.05) is 13.0 Å². The monoisotopic (exact) mass is 692 g/mol. The lowest BCUT2D eigenvalue weighted by Crippen LogP contribution is -2.37. The molecule has 2 unspecified atom stereocenters. The van der Waals surface area contributed by atoms with Gasteiger partial charge in [-0.05, 0) is 12.8 Å². The summed E-state index contributed by atoms with van der Waals surface area (Å²) in [6.07, 6.45) is 31.0. The molecule has 47 heavy (non-hydrogen) atoms. The number of carbonyl (C=O) groups is 1. The number of ether oxygens (including phenoxy) is 2. The molecule has 0 aromatic heterocycles. The number of esters is 1. The third kappa shape index (κ3) is 36.6. The van der Waals surface area contributed by atoms with Crippen LogP contribution in [0.15, 0.2) is 0 Å². The molecule has 0 aliphatic heterocycles. The van der Waals surface area contributed by atoms with Gasteiger partial charge in [-0.2, -0.15) is 0 Å². The van der Waals surface area contributed by atoms with Crippen molar-refractivity contribution >= 4 is 13.8 Å². The molecule has 0 N–H and O–H groups in total. The highest BCUT2D eigenvalue weighted by atomic mass is 31.2. The first-order valence-corrected chi connectivity index (χ1v) is 21.2. The summed E-state index contributed by atoms with van der Waals surface area (Å²) < 4.78 is 34.4. The highest BCUT2D eigenvalue weighted by Crippen LogP contribution is 2.38. The van der Waals surface area contributed by atoms with Crippen LogP contribution in [-0.4, -0.2) is 70.7 Å². The van der Waals surface area contributed by atoms with Crippen molar-refractivity contribution in [1.82, 2.24) is 0 Å². The van der Waals surface area contributed by atoms with E-state index in [1.54, 1.807) is 0 Å². The molecule has 0 radical (unpaired) electrons. The molecule has 0 aromatic rings. The first kappa shape index (κ1) is 46.5. The van der Waals surface area contributed by atoms with Gasteiger partial charge in [-0.3, -0.25) is 9.36 Å². The number of hydrogen-bond donors (Lipinski definition) is 0. The Morgan fingerprint density at radius 2 is 0.979 bits per heavy atom. The van der Waals surface area contributed by atoms with Crippen molar-refractivity contribution in [1.29, 1.82) is 0 Å². The van der Waals surface area contributed by atoms with Crippen LogP contribution in [0.25, 0.3) is 0 Å². The number of nitrogens with zero attached hydrogens (tertiary/aromatic N) is 1. The van der Waals surface area contributed by atoms with Crippen molar-refractivity contribution in [3.63, 3.8) is 0 Å². The minimum atomic E-state index is -4.51. The summed E-state index contributed by atoms with van der Waals surface area (Å²) in [5, 5.41) is 0. The zero-order valence-electron chi connectivity index (χ0n) is 31.7. The van der Waals surface area contributed by atoms with Crippen molar-refractivity contribution in [3.8, 4) is 0 Å². The van der Waals surface area contributed by atoms with Crippen LogP contribution in [0.4, 0.5) is 0 Å². The van der Waals surface area contributed by atoms with Crippen LogP contribution in [0.1, 0.15) is 181 Å². The zero-order valence-corrected chi connectivity index (χ0v) is 32.6. The van der Waals surface area contributed by atoms with Gasteiger partial charge < -0.3 is 27.9 Å². The first-order valence-electron chi connectivity index (χ1n) is 19.8. The quantitative estimate of drug-likeness (QED) is 0.0277. The summed E-state index contributed by atoms with van der Waals surface area (Å²) in [6, 6.07) is 0. The Kier molecular flexibility index (Phi) is 32.3. The number of rotatable bonds is 37. The van der Waals surface area contributed by atoms with E-state index in [9.17, 15) is 14.3 Å². The van der Waals surface area contributed by atoms with Crippen molar-refractivity contribution in [2.24, 2.45) is 0 Å². The average Bonchev–Trinajstić information content (AvgIpc) is 3.01. The van der Waals surface area contributed by atoms with Crippen LogP contribution in [0.3, 0.4) is 0 Å². The van der Waals surface area contributed by atoms with Crippen LogP contribution in [0, 0.1) is 0 Å². The number of phosphoric acid groups is 1. The summed E-state index contributed by atoms with van der Waals surface area (Å²) in [7, 11) is 1.37. The molecule has 0 saturated carbocycles. The standard InChI is InChI=1S/C38H78NO7P/c1-6-8-10-12-14-16-18-19-20-21-22-24-26-28-30-33-43-35-37(36-45-47(41,42)44-34-32-39(3,4)5)46-38(40)31-29-27-25-23-17-15-13-11-9-7-2/h37H,6-36H2,1-5H3. The van der Waals surface area contributed by atoms with Crippen LogP contribution in [0.2, 0.25) is 0 Å². The third-order valence-electron chi connectivity index (χ3n) is 8.66. The Labute approximate surface area is 291 Å². The van der Waals surface area contributed by atoms with Crippen molar-refractivity contribution in [2.75, 3.05) is 54.1 Å². The molecule has 0 spiro atoms.